The average Bonchev–Trinajstić information content (AvgIpc) is 3.00. The van der Waals surface area contributed by atoms with Gasteiger partial charge in [-0.2, -0.15) is 0 Å². The topological polar surface area (TPSA) is 28.4 Å². The first kappa shape index (κ1) is 18.2. The maximum absolute atomic E-state index is 13.2. The zero-order chi connectivity index (χ0) is 18.9. The molecule has 27 heavy (non-hydrogen) atoms. The van der Waals surface area contributed by atoms with Crippen molar-refractivity contribution in [3.05, 3.63) is 71.7 Å². The molecule has 1 aliphatic heterocycles. The molecule has 142 valence electrons. The van der Waals surface area contributed by atoms with Gasteiger partial charge in [0, 0.05) is 42.7 Å². The third-order valence-electron chi connectivity index (χ3n) is 5.94. The highest BCUT2D eigenvalue weighted by atomic mass is 19.1. The van der Waals surface area contributed by atoms with E-state index in [9.17, 15) is 9.50 Å². The molecule has 1 saturated heterocycles. The largest absolute Gasteiger partial charge is 0.396 e. The number of hydrogen-bond acceptors (Lipinski definition) is 2. The van der Waals surface area contributed by atoms with E-state index in [4.69, 9.17) is 0 Å². The second-order valence-corrected chi connectivity index (χ2v) is 8.06. The Labute approximate surface area is 160 Å². The van der Waals surface area contributed by atoms with Crippen molar-refractivity contribution in [2.75, 3.05) is 19.7 Å². The number of piperidine rings is 1. The van der Waals surface area contributed by atoms with Gasteiger partial charge in [-0.05, 0) is 55.1 Å². The van der Waals surface area contributed by atoms with E-state index in [1.165, 1.54) is 28.6 Å². The summed E-state index contributed by atoms with van der Waals surface area (Å²) in [6, 6.07) is 15.2. The zero-order valence-electron chi connectivity index (χ0n) is 15.9. The zero-order valence-corrected chi connectivity index (χ0v) is 15.9. The summed E-state index contributed by atoms with van der Waals surface area (Å²) >= 11 is 0. The van der Waals surface area contributed by atoms with Crippen LogP contribution in [0.4, 0.5) is 4.39 Å². The number of nitrogens with zero attached hydrogens (tertiary/aromatic N) is 2. The SMILES string of the molecule is Cn1cc(CN2CCC[C@@](CO)(Cc3ccc(F)cc3)C2)c2ccccc21. The van der Waals surface area contributed by atoms with Gasteiger partial charge in [-0.3, -0.25) is 4.90 Å². The standard InChI is InChI=1S/C23H27FN2O/c1-25-14-19(21-5-2-3-6-22(21)25)15-26-12-4-11-23(16-26,17-27)13-18-7-9-20(24)10-8-18/h2-3,5-10,14,27H,4,11-13,15-17H2,1H3/t23-/m1/s1. The minimum Gasteiger partial charge on any atom is -0.396 e. The molecule has 1 fully saturated rings. The van der Waals surface area contributed by atoms with Crippen LogP contribution in [-0.2, 0) is 20.0 Å². The number of hydrogen-bond donors (Lipinski definition) is 1. The molecule has 0 unspecified atom stereocenters. The maximum Gasteiger partial charge on any atom is 0.123 e. The van der Waals surface area contributed by atoms with Gasteiger partial charge in [-0.25, -0.2) is 4.39 Å². The molecule has 0 saturated carbocycles. The van der Waals surface area contributed by atoms with Crippen LogP contribution in [0.3, 0.4) is 0 Å². The van der Waals surface area contributed by atoms with Crippen molar-refractivity contribution in [2.45, 2.75) is 25.8 Å². The Morgan fingerprint density at radius 3 is 2.67 bits per heavy atom. The summed E-state index contributed by atoms with van der Waals surface area (Å²) in [5, 5.41) is 11.5. The smallest absolute Gasteiger partial charge is 0.123 e. The molecular weight excluding hydrogens is 339 g/mol. The van der Waals surface area contributed by atoms with E-state index >= 15 is 0 Å². The summed E-state index contributed by atoms with van der Waals surface area (Å²) in [5.41, 5.74) is 3.53. The molecule has 0 bridgehead atoms. The highest BCUT2D eigenvalue weighted by molar-refractivity contribution is 5.83. The Bertz CT molecular complexity index is 918. The van der Waals surface area contributed by atoms with Crippen molar-refractivity contribution >= 4 is 10.9 Å². The van der Waals surface area contributed by atoms with Gasteiger partial charge in [0.2, 0.25) is 0 Å². The lowest BCUT2D eigenvalue weighted by molar-refractivity contribution is 0.0290. The molecule has 0 spiro atoms. The third-order valence-corrected chi connectivity index (χ3v) is 5.94. The normalized spacial score (nSPS) is 21.0. The van der Waals surface area contributed by atoms with Crippen LogP contribution >= 0.6 is 0 Å². The molecule has 3 nitrogen and oxygen atoms in total. The maximum atomic E-state index is 13.2. The monoisotopic (exact) mass is 366 g/mol. The van der Waals surface area contributed by atoms with Gasteiger partial charge in [0.15, 0.2) is 0 Å². The summed E-state index contributed by atoms with van der Waals surface area (Å²) in [4.78, 5) is 2.46. The number of aliphatic hydroxyl groups is 1. The van der Waals surface area contributed by atoms with Gasteiger partial charge in [0.1, 0.15) is 5.82 Å². The average molecular weight is 366 g/mol. The molecular formula is C23H27FN2O. The third kappa shape index (κ3) is 3.78. The number of aromatic nitrogens is 1. The number of rotatable bonds is 5. The van der Waals surface area contributed by atoms with Gasteiger partial charge in [0.25, 0.3) is 0 Å². The Hall–Kier alpha value is -2.17. The Morgan fingerprint density at radius 2 is 1.89 bits per heavy atom. The van der Waals surface area contributed by atoms with E-state index in [0.29, 0.717) is 0 Å². The molecule has 1 N–H and O–H groups in total. The molecule has 4 rings (SSSR count). The van der Waals surface area contributed by atoms with E-state index in [-0.39, 0.29) is 17.8 Å². The predicted molar refractivity (Wildman–Crippen MR) is 107 cm³/mol. The molecule has 0 radical (unpaired) electrons. The molecule has 0 aliphatic carbocycles. The minimum absolute atomic E-state index is 0.152. The highest BCUT2D eigenvalue weighted by Gasteiger charge is 2.35. The Kier molecular flexibility index (Phi) is 5.02. The molecule has 1 atom stereocenters. The first-order chi connectivity index (χ1) is 13.1. The second kappa shape index (κ2) is 7.45. The van der Waals surface area contributed by atoms with Crippen molar-refractivity contribution in [1.29, 1.82) is 0 Å². The van der Waals surface area contributed by atoms with Crippen LogP contribution in [0, 0.1) is 11.2 Å². The first-order valence-corrected chi connectivity index (χ1v) is 9.69. The molecule has 3 aromatic rings. The predicted octanol–water partition coefficient (Wildman–Crippen LogP) is 4.13. The Morgan fingerprint density at radius 1 is 1.11 bits per heavy atom. The molecule has 1 aliphatic rings. The van der Waals surface area contributed by atoms with Gasteiger partial charge in [-0.15, -0.1) is 0 Å². The molecule has 2 heterocycles. The van der Waals surface area contributed by atoms with Crippen molar-refractivity contribution < 1.29 is 9.50 Å². The van der Waals surface area contributed by atoms with Crippen LogP contribution in [0.25, 0.3) is 10.9 Å². The summed E-state index contributed by atoms with van der Waals surface area (Å²) in [6.07, 6.45) is 5.09. The van der Waals surface area contributed by atoms with Crippen LogP contribution in [0.2, 0.25) is 0 Å². The van der Waals surface area contributed by atoms with Crippen LogP contribution in [-0.4, -0.2) is 34.3 Å². The van der Waals surface area contributed by atoms with Crippen LogP contribution in [0.1, 0.15) is 24.0 Å². The highest BCUT2D eigenvalue weighted by Crippen LogP contribution is 2.34. The number of halogens is 1. The van der Waals surface area contributed by atoms with Crippen molar-refractivity contribution in [2.24, 2.45) is 12.5 Å². The summed E-state index contributed by atoms with van der Waals surface area (Å²) in [5.74, 6) is -0.210. The number of aryl methyl sites for hydroxylation is 1. The van der Waals surface area contributed by atoms with Crippen molar-refractivity contribution in [3.8, 4) is 0 Å². The fourth-order valence-electron chi connectivity index (χ4n) is 4.60. The lowest BCUT2D eigenvalue weighted by atomic mass is 9.75. The first-order valence-electron chi connectivity index (χ1n) is 9.69. The second-order valence-electron chi connectivity index (χ2n) is 8.06. The number of benzene rings is 2. The molecule has 1 aromatic heterocycles. The quantitative estimate of drug-likeness (QED) is 0.735. The van der Waals surface area contributed by atoms with Crippen LogP contribution < -0.4 is 0 Å². The number of aliphatic hydroxyl groups excluding tert-OH is 1. The fraction of sp³-hybridized carbons (Fsp3) is 0.391. The summed E-state index contributed by atoms with van der Waals surface area (Å²) in [7, 11) is 2.09. The number of para-hydroxylation sites is 1. The molecule has 2 aromatic carbocycles. The van der Waals surface area contributed by atoms with Gasteiger partial charge >= 0.3 is 0 Å². The lowest BCUT2D eigenvalue weighted by Crippen LogP contribution is -2.46. The van der Waals surface area contributed by atoms with E-state index in [2.05, 4.69) is 47.0 Å². The van der Waals surface area contributed by atoms with Gasteiger partial charge < -0.3 is 9.67 Å². The van der Waals surface area contributed by atoms with Crippen LogP contribution in [0.15, 0.2) is 54.7 Å². The lowest BCUT2D eigenvalue weighted by Gasteiger charge is -2.42. The van der Waals surface area contributed by atoms with Gasteiger partial charge in [-0.1, -0.05) is 30.3 Å². The minimum atomic E-state index is -0.210. The van der Waals surface area contributed by atoms with E-state index in [0.717, 1.165) is 44.5 Å². The van der Waals surface area contributed by atoms with Crippen molar-refractivity contribution in [3.63, 3.8) is 0 Å². The van der Waals surface area contributed by atoms with Crippen LogP contribution in [0.5, 0.6) is 0 Å². The van der Waals surface area contributed by atoms with E-state index in [1.54, 1.807) is 0 Å². The fourth-order valence-corrected chi connectivity index (χ4v) is 4.60. The molecule has 4 heteroatoms. The Balaban J connectivity index is 1.53. The summed E-state index contributed by atoms with van der Waals surface area (Å²) in [6.45, 7) is 2.97. The molecule has 0 amide bonds. The summed E-state index contributed by atoms with van der Waals surface area (Å²) < 4.78 is 15.4. The van der Waals surface area contributed by atoms with E-state index in [1.807, 2.05) is 12.1 Å². The number of likely N-dealkylation sites (tertiary alicyclic amines) is 1. The van der Waals surface area contributed by atoms with Crippen molar-refractivity contribution in [1.82, 2.24) is 9.47 Å². The van der Waals surface area contributed by atoms with E-state index < -0.39 is 0 Å². The van der Waals surface area contributed by atoms with Gasteiger partial charge in [0.05, 0.1) is 6.61 Å². The number of fused-ring (bicyclic) bond motifs is 1.